The van der Waals surface area contributed by atoms with E-state index in [1.165, 1.54) is 19.2 Å². The third-order valence-electron chi connectivity index (χ3n) is 4.54. The molecule has 12 heteroatoms. The summed E-state index contributed by atoms with van der Waals surface area (Å²) in [5.41, 5.74) is 1.95. The average Bonchev–Trinajstić information content (AvgIpc) is 2.75. The summed E-state index contributed by atoms with van der Waals surface area (Å²) in [5, 5.41) is 14.7. The number of hydrogen-bond donors (Lipinski definition) is 2. The maximum atomic E-state index is 12.4. The van der Waals surface area contributed by atoms with Crippen LogP contribution in [-0.4, -0.2) is 37.9 Å². The number of rotatable bonds is 8. The highest BCUT2D eigenvalue weighted by Crippen LogP contribution is 2.27. The number of esters is 1. The number of aryl methyl sites for hydroxylation is 1. The molecule has 10 nitrogen and oxygen atoms in total. The van der Waals surface area contributed by atoms with Crippen LogP contribution in [0.5, 0.6) is 0 Å². The highest BCUT2D eigenvalue weighted by Gasteiger charge is 2.22. The van der Waals surface area contributed by atoms with Crippen LogP contribution in [0.2, 0.25) is 5.15 Å². The van der Waals surface area contributed by atoms with E-state index in [9.17, 15) is 23.3 Å². The number of carbonyl (C=O) groups is 1. The van der Waals surface area contributed by atoms with Gasteiger partial charge in [-0.05, 0) is 36.8 Å². The van der Waals surface area contributed by atoms with Gasteiger partial charge >= 0.3 is 5.97 Å². The molecule has 32 heavy (non-hydrogen) atoms. The Hall–Kier alpha value is -3.28. The molecule has 2 N–H and O–H groups in total. The summed E-state index contributed by atoms with van der Waals surface area (Å²) >= 11 is 6.16. The van der Waals surface area contributed by atoms with Crippen molar-refractivity contribution >= 4 is 49.9 Å². The number of anilines is 1. The van der Waals surface area contributed by atoms with Crippen LogP contribution in [0.25, 0.3) is 10.9 Å². The zero-order valence-corrected chi connectivity index (χ0v) is 18.7. The van der Waals surface area contributed by atoms with Gasteiger partial charge in [0.15, 0.2) is 0 Å². The molecule has 0 spiro atoms. The Labute approximate surface area is 188 Å². The Kier molecular flexibility index (Phi) is 6.92. The minimum Gasteiger partial charge on any atom is -0.460 e. The van der Waals surface area contributed by atoms with E-state index >= 15 is 0 Å². The van der Waals surface area contributed by atoms with Crippen LogP contribution < -0.4 is 10.0 Å². The van der Waals surface area contributed by atoms with Crippen LogP contribution in [0.15, 0.2) is 47.4 Å². The van der Waals surface area contributed by atoms with Gasteiger partial charge in [0.1, 0.15) is 24.0 Å². The minimum atomic E-state index is -4.18. The fraction of sp³-hybridized carbons (Fsp3) is 0.200. The largest absolute Gasteiger partial charge is 0.460 e. The quantitative estimate of drug-likeness (QED) is 0.218. The number of hydrogen-bond acceptors (Lipinski definition) is 8. The van der Waals surface area contributed by atoms with E-state index in [2.05, 4.69) is 15.0 Å². The molecule has 3 rings (SSSR count). The number of halogens is 1. The van der Waals surface area contributed by atoms with Gasteiger partial charge in [0, 0.05) is 24.1 Å². The summed E-state index contributed by atoms with van der Waals surface area (Å²) in [6.07, 6.45) is 0. The third-order valence-corrected chi connectivity index (χ3v) is 6.27. The standard InChI is InChI=1S/C20H19ClN4O6S/c1-12-3-4-13-8-14(20(21)24-17(13)7-12)11-31-19(26)10-23-32(29,30)15-5-6-16(22-2)18(9-15)25(27)28/h3-9,22-23H,10-11H2,1-2H3. The lowest BCUT2D eigenvalue weighted by atomic mass is 10.1. The molecule has 168 valence electrons. The van der Waals surface area contributed by atoms with Crippen LogP contribution in [0.4, 0.5) is 11.4 Å². The number of sulfonamides is 1. The van der Waals surface area contributed by atoms with Crippen molar-refractivity contribution in [1.82, 2.24) is 9.71 Å². The van der Waals surface area contributed by atoms with Gasteiger partial charge in [0.05, 0.1) is 15.3 Å². The number of carbonyl (C=O) groups excluding carboxylic acids is 1. The lowest BCUT2D eigenvalue weighted by Gasteiger charge is -2.10. The molecule has 0 bridgehead atoms. The summed E-state index contributed by atoms with van der Waals surface area (Å²) < 4.78 is 32.0. The Morgan fingerprint density at radius 3 is 2.66 bits per heavy atom. The monoisotopic (exact) mass is 478 g/mol. The molecule has 0 amide bonds. The van der Waals surface area contributed by atoms with E-state index in [-0.39, 0.29) is 22.3 Å². The lowest BCUT2D eigenvalue weighted by molar-refractivity contribution is -0.384. The molecule has 0 aliphatic rings. The van der Waals surface area contributed by atoms with Crippen LogP contribution in [0.1, 0.15) is 11.1 Å². The zero-order valence-electron chi connectivity index (χ0n) is 17.1. The number of nitro groups is 1. The van der Waals surface area contributed by atoms with Crippen molar-refractivity contribution in [2.75, 3.05) is 18.9 Å². The van der Waals surface area contributed by atoms with E-state index < -0.39 is 33.1 Å². The summed E-state index contributed by atoms with van der Waals surface area (Å²) in [7, 11) is -2.71. The second-order valence-electron chi connectivity index (χ2n) is 6.81. The molecule has 0 saturated carbocycles. The number of pyridine rings is 1. The molecule has 0 radical (unpaired) electrons. The topological polar surface area (TPSA) is 141 Å². The summed E-state index contributed by atoms with van der Waals surface area (Å²) in [6.45, 7) is 1.07. The average molecular weight is 479 g/mol. The molecular weight excluding hydrogens is 460 g/mol. The van der Waals surface area contributed by atoms with Gasteiger partial charge in [-0.2, -0.15) is 4.72 Å². The maximum Gasteiger partial charge on any atom is 0.321 e. The molecule has 1 heterocycles. The molecule has 0 saturated heterocycles. The summed E-state index contributed by atoms with van der Waals surface area (Å²) in [6, 6.07) is 10.8. The molecule has 1 aromatic heterocycles. The normalized spacial score (nSPS) is 11.3. The van der Waals surface area contributed by atoms with Gasteiger partial charge in [-0.15, -0.1) is 0 Å². The molecule has 0 unspecified atom stereocenters. The van der Waals surface area contributed by atoms with Gasteiger partial charge in [-0.3, -0.25) is 14.9 Å². The van der Waals surface area contributed by atoms with Gasteiger partial charge in [-0.25, -0.2) is 13.4 Å². The van der Waals surface area contributed by atoms with E-state index in [1.54, 1.807) is 6.07 Å². The van der Waals surface area contributed by atoms with E-state index in [1.807, 2.05) is 25.1 Å². The van der Waals surface area contributed by atoms with Crippen molar-refractivity contribution in [3.8, 4) is 0 Å². The second-order valence-corrected chi connectivity index (χ2v) is 8.93. The fourth-order valence-electron chi connectivity index (χ4n) is 2.89. The molecule has 0 fully saturated rings. The van der Waals surface area contributed by atoms with Crippen LogP contribution in [0, 0.1) is 17.0 Å². The second kappa shape index (κ2) is 9.47. The molecule has 0 atom stereocenters. The van der Waals surface area contributed by atoms with Crippen molar-refractivity contribution in [3.05, 3.63) is 68.9 Å². The van der Waals surface area contributed by atoms with Gasteiger partial charge < -0.3 is 10.1 Å². The van der Waals surface area contributed by atoms with Gasteiger partial charge in [-0.1, -0.05) is 23.7 Å². The van der Waals surface area contributed by atoms with E-state index in [0.29, 0.717) is 11.1 Å². The number of aromatic nitrogens is 1. The van der Waals surface area contributed by atoms with Crippen LogP contribution in [-0.2, 0) is 26.2 Å². The molecule has 3 aromatic rings. The first-order valence-corrected chi connectivity index (χ1v) is 11.1. The Morgan fingerprint density at radius 1 is 1.22 bits per heavy atom. The van der Waals surface area contributed by atoms with Crippen molar-refractivity contribution in [2.45, 2.75) is 18.4 Å². The first kappa shape index (κ1) is 23.4. The Bertz CT molecular complexity index is 1310. The first-order chi connectivity index (χ1) is 15.1. The van der Waals surface area contributed by atoms with Crippen molar-refractivity contribution in [1.29, 1.82) is 0 Å². The van der Waals surface area contributed by atoms with Gasteiger partial charge in [0.25, 0.3) is 5.69 Å². The van der Waals surface area contributed by atoms with Crippen LogP contribution in [0.3, 0.4) is 0 Å². The fourth-order valence-corrected chi connectivity index (χ4v) is 4.07. The summed E-state index contributed by atoms with van der Waals surface area (Å²) in [5.74, 6) is -0.852. The molecular formula is C20H19ClN4O6S. The van der Waals surface area contributed by atoms with Crippen LogP contribution >= 0.6 is 11.6 Å². The number of fused-ring (bicyclic) bond motifs is 1. The predicted octanol–water partition coefficient (Wildman–Crippen LogP) is 3.17. The van der Waals surface area contributed by atoms with E-state index in [4.69, 9.17) is 16.3 Å². The Balaban J connectivity index is 1.65. The van der Waals surface area contributed by atoms with Crippen molar-refractivity contribution in [3.63, 3.8) is 0 Å². The first-order valence-electron chi connectivity index (χ1n) is 9.28. The maximum absolute atomic E-state index is 12.4. The SMILES string of the molecule is CNc1ccc(S(=O)(=O)NCC(=O)OCc2cc3ccc(C)cc3nc2Cl)cc1[N+](=O)[O-]. The molecule has 2 aromatic carbocycles. The van der Waals surface area contributed by atoms with Crippen molar-refractivity contribution in [2.24, 2.45) is 0 Å². The number of ether oxygens (including phenoxy) is 1. The number of nitro benzene ring substituents is 1. The number of benzene rings is 2. The number of nitrogens with zero attached hydrogens (tertiary/aromatic N) is 2. The molecule has 0 aliphatic carbocycles. The highest BCUT2D eigenvalue weighted by atomic mass is 35.5. The smallest absolute Gasteiger partial charge is 0.321 e. The lowest BCUT2D eigenvalue weighted by Crippen LogP contribution is -2.30. The minimum absolute atomic E-state index is 0.157. The van der Waals surface area contributed by atoms with E-state index in [0.717, 1.165) is 17.0 Å². The van der Waals surface area contributed by atoms with Crippen molar-refractivity contribution < 1.29 is 22.9 Å². The highest BCUT2D eigenvalue weighted by molar-refractivity contribution is 7.89. The van der Waals surface area contributed by atoms with Gasteiger partial charge in [0.2, 0.25) is 10.0 Å². The third kappa shape index (κ3) is 5.31. The zero-order chi connectivity index (χ0) is 23.5. The Morgan fingerprint density at radius 2 is 1.97 bits per heavy atom. The summed E-state index contributed by atoms with van der Waals surface area (Å²) in [4.78, 5) is 26.4. The number of nitrogens with one attached hydrogen (secondary N) is 2. The predicted molar refractivity (Wildman–Crippen MR) is 119 cm³/mol. The molecule has 0 aliphatic heterocycles.